The molecule has 0 saturated heterocycles. The second-order valence-corrected chi connectivity index (χ2v) is 6.81. The van der Waals surface area contributed by atoms with E-state index in [4.69, 9.17) is 4.74 Å². The van der Waals surface area contributed by atoms with Crippen molar-refractivity contribution in [3.63, 3.8) is 0 Å². The van der Waals surface area contributed by atoms with Crippen LogP contribution in [0.3, 0.4) is 0 Å². The van der Waals surface area contributed by atoms with E-state index in [2.05, 4.69) is 5.32 Å². The van der Waals surface area contributed by atoms with Crippen LogP contribution in [0.2, 0.25) is 0 Å². The van der Waals surface area contributed by atoms with Crippen LogP contribution in [0.4, 0.5) is 13.6 Å². The molecule has 1 unspecified atom stereocenters. The topological polar surface area (TPSA) is 55.4 Å². The van der Waals surface area contributed by atoms with E-state index in [0.29, 0.717) is 6.42 Å². The maximum absolute atomic E-state index is 14.0. The minimum Gasteiger partial charge on any atom is -0.444 e. The number of alkyl carbamates (subject to hydrolysis) is 1. The zero-order chi connectivity index (χ0) is 17.2. The molecular weight excluding hydrogens is 304 g/mol. The molecular formula is C17H21F2NO3. The lowest BCUT2D eigenvalue weighted by Crippen LogP contribution is -2.45. The number of carbonyl (C=O) groups is 2. The van der Waals surface area contributed by atoms with Gasteiger partial charge in [0, 0.05) is 24.8 Å². The van der Waals surface area contributed by atoms with Gasteiger partial charge in [-0.2, -0.15) is 0 Å². The first-order valence-electron chi connectivity index (χ1n) is 7.62. The van der Waals surface area contributed by atoms with Crippen LogP contribution in [0.25, 0.3) is 0 Å². The molecule has 1 fully saturated rings. The van der Waals surface area contributed by atoms with E-state index in [1.54, 1.807) is 20.8 Å². The van der Waals surface area contributed by atoms with Crippen LogP contribution < -0.4 is 5.32 Å². The summed E-state index contributed by atoms with van der Waals surface area (Å²) in [4.78, 5) is 23.7. The van der Waals surface area contributed by atoms with E-state index in [9.17, 15) is 18.4 Å². The lowest BCUT2D eigenvalue weighted by atomic mass is 9.79. The fraction of sp³-hybridized carbons (Fsp3) is 0.529. The van der Waals surface area contributed by atoms with Crippen molar-refractivity contribution in [2.45, 2.75) is 57.6 Å². The van der Waals surface area contributed by atoms with Crippen LogP contribution in [0.5, 0.6) is 0 Å². The first kappa shape index (κ1) is 17.4. The second kappa shape index (κ2) is 6.64. The number of benzene rings is 1. The Labute approximate surface area is 134 Å². The molecule has 0 aliphatic heterocycles. The zero-order valence-corrected chi connectivity index (χ0v) is 13.5. The summed E-state index contributed by atoms with van der Waals surface area (Å²) in [5, 5.41) is 2.63. The fourth-order valence-electron chi connectivity index (χ4n) is 2.79. The molecule has 2 rings (SSSR count). The largest absolute Gasteiger partial charge is 0.444 e. The van der Waals surface area contributed by atoms with E-state index in [0.717, 1.165) is 18.2 Å². The smallest absolute Gasteiger partial charge is 0.407 e. The highest BCUT2D eigenvalue weighted by Gasteiger charge is 2.34. The highest BCUT2D eigenvalue weighted by Crippen LogP contribution is 2.33. The molecule has 1 amide bonds. The van der Waals surface area contributed by atoms with E-state index in [-0.39, 0.29) is 24.2 Å². The first-order valence-corrected chi connectivity index (χ1v) is 7.62. The Bertz CT molecular complexity index is 610. The number of carbonyl (C=O) groups excluding carboxylic acids is 2. The number of rotatable bonds is 2. The number of hydrogen-bond acceptors (Lipinski definition) is 3. The molecule has 1 aromatic carbocycles. The van der Waals surface area contributed by atoms with Gasteiger partial charge in [-0.25, -0.2) is 13.6 Å². The summed E-state index contributed by atoms with van der Waals surface area (Å²) in [7, 11) is 0. The third-order valence-corrected chi connectivity index (χ3v) is 3.73. The van der Waals surface area contributed by atoms with Crippen molar-refractivity contribution < 1.29 is 23.1 Å². The molecule has 1 aromatic rings. The van der Waals surface area contributed by atoms with Crippen molar-refractivity contribution >= 4 is 11.9 Å². The van der Waals surface area contributed by atoms with Crippen molar-refractivity contribution in [2.75, 3.05) is 0 Å². The molecule has 0 heterocycles. The Morgan fingerprint density at radius 3 is 2.65 bits per heavy atom. The van der Waals surface area contributed by atoms with Crippen LogP contribution in [-0.2, 0) is 9.53 Å². The Balaban J connectivity index is 2.21. The quantitative estimate of drug-likeness (QED) is 0.902. The Hall–Kier alpha value is -1.98. The van der Waals surface area contributed by atoms with E-state index in [1.165, 1.54) is 0 Å². The molecule has 23 heavy (non-hydrogen) atoms. The standard InChI is InChI=1S/C17H21F2NO3/c1-17(2,3)23-16(22)20-15-9-11(21)5-6-12(15)13-8-10(18)4-7-14(13)19/h4,7-8,12,15H,5-6,9H2,1-3H3,(H,20,22)/t12?,15-/m0/s1. The van der Waals surface area contributed by atoms with E-state index < -0.39 is 35.3 Å². The third-order valence-electron chi connectivity index (χ3n) is 3.73. The first-order chi connectivity index (χ1) is 10.7. The summed E-state index contributed by atoms with van der Waals surface area (Å²) in [6.45, 7) is 5.17. The number of ether oxygens (including phenoxy) is 1. The van der Waals surface area contributed by atoms with Crippen molar-refractivity contribution in [1.82, 2.24) is 5.32 Å². The highest BCUT2D eigenvalue weighted by atomic mass is 19.1. The lowest BCUT2D eigenvalue weighted by molar-refractivity contribution is -0.121. The van der Waals surface area contributed by atoms with Crippen LogP contribution in [0.1, 0.15) is 51.5 Å². The van der Waals surface area contributed by atoms with Gasteiger partial charge in [-0.1, -0.05) is 0 Å². The van der Waals surface area contributed by atoms with Crippen molar-refractivity contribution in [3.05, 3.63) is 35.4 Å². The SMILES string of the molecule is CC(C)(C)OC(=O)N[C@H]1CC(=O)CCC1c1cc(F)ccc1F. The van der Waals surface area contributed by atoms with Crippen LogP contribution in [0, 0.1) is 11.6 Å². The summed E-state index contributed by atoms with van der Waals surface area (Å²) < 4.78 is 32.7. The zero-order valence-electron chi connectivity index (χ0n) is 13.5. The van der Waals surface area contributed by atoms with Crippen LogP contribution in [0.15, 0.2) is 18.2 Å². The minimum absolute atomic E-state index is 0.0147. The summed E-state index contributed by atoms with van der Waals surface area (Å²) in [5.74, 6) is -1.56. The summed E-state index contributed by atoms with van der Waals surface area (Å²) in [6.07, 6.45) is 0.0612. The average Bonchev–Trinajstić information content (AvgIpc) is 2.40. The predicted molar refractivity (Wildman–Crippen MR) is 81.1 cm³/mol. The molecule has 1 N–H and O–H groups in total. The van der Waals surface area contributed by atoms with Crippen LogP contribution in [-0.4, -0.2) is 23.5 Å². The molecule has 0 spiro atoms. The van der Waals surface area contributed by atoms with Crippen LogP contribution >= 0.6 is 0 Å². The number of amides is 1. The van der Waals surface area contributed by atoms with Gasteiger partial charge in [-0.05, 0) is 51.0 Å². The monoisotopic (exact) mass is 325 g/mol. The maximum atomic E-state index is 14.0. The molecule has 6 heteroatoms. The number of Topliss-reactive ketones (excluding diaryl/α,β-unsaturated/α-hetero) is 1. The Kier molecular flexibility index (Phi) is 5.02. The Morgan fingerprint density at radius 1 is 1.30 bits per heavy atom. The lowest BCUT2D eigenvalue weighted by Gasteiger charge is -2.32. The summed E-state index contributed by atoms with van der Waals surface area (Å²) >= 11 is 0. The van der Waals surface area contributed by atoms with Gasteiger partial charge in [-0.3, -0.25) is 4.79 Å². The van der Waals surface area contributed by atoms with Crippen molar-refractivity contribution in [2.24, 2.45) is 0 Å². The number of hydrogen-bond donors (Lipinski definition) is 1. The molecule has 1 saturated carbocycles. The van der Waals surface area contributed by atoms with Gasteiger partial charge < -0.3 is 10.1 Å². The van der Waals surface area contributed by atoms with Crippen molar-refractivity contribution in [3.8, 4) is 0 Å². The molecule has 1 aliphatic rings. The average molecular weight is 325 g/mol. The summed E-state index contributed by atoms with van der Waals surface area (Å²) in [5.41, 5.74) is -0.499. The molecule has 0 bridgehead atoms. The van der Waals surface area contributed by atoms with E-state index >= 15 is 0 Å². The normalized spacial score (nSPS) is 21.9. The number of halogens is 2. The van der Waals surface area contributed by atoms with Gasteiger partial charge in [0.25, 0.3) is 0 Å². The number of ketones is 1. The predicted octanol–water partition coefficient (Wildman–Crippen LogP) is 3.69. The third kappa shape index (κ3) is 4.74. The molecule has 0 radical (unpaired) electrons. The van der Waals surface area contributed by atoms with Gasteiger partial charge in [0.2, 0.25) is 0 Å². The van der Waals surface area contributed by atoms with Gasteiger partial charge in [0.15, 0.2) is 0 Å². The fourth-order valence-corrected chi connectivity index (χ4v) is 2.79. The summed E-state index contributed by atoms with van der Waals surface area (Å²) in [6, 6.07) is 2.62. The molecule has 126 valence electrons. The highest BCUT2D eigenvalue weighted by molar-refractivity contribution is 5.81. The van der Waals surface area contributed by atoms with Gasteiger partial charge in [-0.15, -0.1) is 0 Å². The van der Waals surface area contributed by atoms with Gasteiger partial charge in [0.05, 0.1) is 0 Å². The molecule has 1 aliphatic carbocycles. The second-order valence-electron chi connectivity index (χ2n) is 6.81. The van der Waals surface area contributed by atoms with Gasteiger partial charge >= 0.3 is 6.09 Å². The van der Waals surface area contributed by atoms with Crippen molar-refractivity contribution in [1.29, 1.82) is 0 Å². The molecule has 0 aromatic heterocycles. The molecule has 4 nitrogen and oxygen atoms in total. The Morgan fingerprint density at radius 2 is 2.00 bits per heavy atom. The van der Waals surface area contributed by atoms with Gasteiger partial charge in [0.1, 0.15) is 23.0 Å². The maximum Gasteiger partial charge on any atom is 0.407 e. The minimum atomic E-state index is -0.678. The molecule has 2 atom stereocenters. The van der Waals surface area contributed by atoms with E-state index in [1.807, 2.05) is 0 Å². The number of nitrogens with one attached hydrogen (secondary N) is 1.